The van der Waals surface area contributed by atoms with Gasteiger partial charge in [-0.3, -0.25) is 14.4 Å². The van der Waals surface area contributed by atoms with Crippen LogP contribution in [0.3, 0.4) is 0 Å². The summed E-state index contributed by atoms with van der Waals surface area (Å²) in [5, 5.41) is 13.1. The van der Waals surface area contributed by atoms with E-state index in [0.29, 0.717) is 55.6 Å². The SMILES string of the molecule is CC1(NC(=O)O[C@H]2CC[C@@H](c3cc(Nc4nccc5nc(CN6CC(OC(F)F)C6)cn45)n[nH]3)[C@@H]2F)CC1. The van der Waals surface area contributed by atoms with Gasteiger partial charge in [-0.15, -0.1) is 0 Å². The van der Waals surface area contributed by atoms with Crippen LogP contribution in [0.1, 0.15) is 49.9 Å². The van der Waals surface area contributed by atoms with Gasteiger partial charge in [0, 0.05) is 55.2 Å². The minimum Gasteiger partial charge on any atom is -0.443 e. The van der Waals surface area contributed by atoms with Gasteiger partial charge in [-0.1, -0.05) is 0 Å². The Morgan fingerprint density at radius 1 is 1.32 bits per heavy atom. The van der Waals surface area contributed by atoms with Crippen LogP contribution in [0.2, 0.25) is 0 Å². The molecule has 1 saturated heterocycles. The van der Waals surface area contributed by atoms with Crippen LogP contribution in [-0.4, -0.2) is 79.2 Å². The lowest BCUT2D eigenvalue weighted by Crippen LogP contribution is -2.52. The highest BCUT2D eigenvalue weighted by Gasteiger charge is 2.43. The Labute approximate surface area is 216 Å². The number of rotatable bonds is 9. The first-order valence-electron chi connectivity index (χ1n) is 12.7. The van der Waals surface area contributed by atoms with Crippen LogP contribution in [-0.2, 0) is 16.0 Å². The van der Waals surface area contributed by atoms with Gasteiger partial charge in [-0.25, -0.2) is 19.2 Å². The summed E-state index contributed by atoms with van der Waals surface area (Å²) in [6.45, 7) is 0.514. The minimum atomic E-state index is -2.76. The van der Waals surface area contributed by atoms with Crippen LogP contribution in [0.15, 0.2) is 24.5 Å². The Morgan fingerprint density at radius 2 is 2.13 bits per heavy atom. The number of ether oxygens (including phenoxy) is 2. The van der Waals surface area contributed by atoms with E-state index in [9.17, 15) is 13.6 Å². The molecule has 1 amide bonds. The van der Waals surface area contributed by atoms with Gasteiger partial charge in [0.1, 0.15) is 17.9 Å². The van der Waals surface area contributed by atoms with Crippen molar-refractivity contribution in [1.82, 2.24) is 34.8 Å². The topological polar surface area (TPSA) is 122 Å². The summed E-state index contributed by atoms with van der Waals surface area (Å²) in [6, 6.07) is 3.49. The third-order valence-electron chi connectivity index (χ3n) is 7.44. The normalized spacial score (nSPS) is 25.0. The molecule has 2 saturated carbocycles. The van der Waals surface area contributed by atoms with E-state index in [2.05, 4.69) is 35.5 Å². The van der Waals surface area contributed by atoms with Gasteiger partial charge in [-0.05, 0) is 38.7 Å². The number of amides is 1. The Kier molecular flexibility index (Phi) is 6.38. The molecule has 0 radical (unpaired) electrons. The number of hydrogen-bond acceptors (Lipinski definition) is 8. The molecule has 11 nitrogen and oxygen atoms in total. The number of H-pyrrole nitrogens is 1. The molecular formula is C24H29F3N8O3. The average molecular weight is 535 g/mol. The standard InChI is InChI=1S/C24H29F3N8O3/c1-24(5-6-24)31-23(36)38-17-3-2-15(20(17)25)16-8-18(33-32-16)30-22-28-7-4-19-29-13(10-35(19)22)9-34-11-14(12-34)37-21(26)27/h4,7-8,10,14-15,17,20-21H,2-3,5-6,9,11-12H2,1H3,(H,31,36)(H2,28,30,32,33)/t15-,17-,20-/m0/s1. The van der Waals surface area contributed by atoms with E-state index >= 15 is 4.39 Å². The largest absolute Gasteiger partial charge is 0.443 e. The number of nitrogens with zero attached hydrogens (tertiary/aromatic N) is 5. The zero-order chi connectivity index (χ0) is 26.4. The molecule has 2 aliphatic carbocycles. The molecule has 0 aromatic carbocycles. The molecule has 0 unspecified atom stereocenters. The molecule has 1 aliphatic heterocycles. The molecule has 3 atom stereocenters. The van der Waals surface area contributed by atoms with Gasteiger partial charge in [0.15, 0.2) is 5.82 Å². The van der Waals surface area contributed by atoms with Gasteiger partial charge in [0.2, 0.25) is 5.95 Å². The van der Waals surface area contributed by atoms with E-state index in [4.69, 9.17) is 4.74 Å². The number of alkyl halides is 3. The van der Waals surface area contributed by atoms with E-state index in [1.807, 2.05) is 18.0 Å². The van der Waals surface area contributed by atoms with Crippen LogP contribution >= 0.6 is 0 Å². The van der Waals surface area contributed by atoms with Crippen molar-refractivity contribution in [2.24, 2.45) is 0 Å². The summed E-state index contributed by atoms with van der Waals surface area (Å²) in [7, 11) is 0. The number of nitrogens with one attached hydrogen (secondary N) is 3. The first-order chi connectivity index (χ1) is 18.2. The fourth-order valence-corrected chi connectivity index (χ4v) is 5.05. The predicted molar refractivity (Wildman–Crippen MR) is 129 cm³/mol. The van der Waals surface area contributed by atoms with Crippen LogP contribution < -0.4 is 10.6 Å². The maximum atomic E-state index is 15.2. The number of hydrogen-bond donors (Lipinski definition) is 3. The van der Waals surface area contributed by atoms with Crippen molar-refractivity contribution >= 4 is 23.5 Å². The third kappa shape index (κ3) is 5.27. The van der Waals surface area contributed by atoms with E-state index in [0.717, 1.165) is 18.5 Å². The summed E-state index contributed by atoms with van der Waals surface area (Å²) >= 11 is 0. The number of carbonyl (C=O) groups is 1. The van der Waals surface area contributed by atoms with Crippen molar-refractivity contribution in [3.63, 3.8) is 0 Å². The van der Waals surface area contributed by atoms with Gasteiger partial charge in [0.05, 0.1) is 11.8 Å². The third-order valence-corrected chi connectivity index (χ3v) is 7.44. The number of carbonyl (C=O) groups excluding carboxylic acids is 1. The van der Waals surface area contributed by atoms with E-state index in [-0.39, 0.29) is 5.54 Å². The first kappa shape index (κ1) is 24.9. The molecule has 0 spiro atoms. The maximum Gasteiger partial charge on any atom is 0.407 e. The quantitative estimate of drug-likeness (QED) is 0.382. The van der Waals surface area contributed by atoms with Gasteiger partial charge in [-0.2, -0.15) is 13.9 Å². The zero-order valence-electron chi connectivity index (χ0n) is 20.7. The number of aromatic amines is 1. The van der Waals surface area contributed by atoms with E-state index in [1.54, 1.807) is 22.7 Å². The summed E-state index contributed by atoms with van der Waals surface area (Å²) in [5.74, 6) is 0.461. The summed E-state index contributed by atoms with van der Waals surface area (Å²) in [5.41, 5.74) is 1.81. The maximum absolute atomic E-state index is 15.2. The molecule has 204 valence electrons. The highest BCUT2D eigenvalue weighted by atomic mass is 19.3. The Balaban J connectivity index is 1.07. The van der Waals surface area contributed by atoms with Crippen molar-refractivity contribution < 1.29 is 27.4 Å². The number of aromatic nitrogens is 5. The highest BCUT2D eigenvalue weighted by molar-refractivity contribution is 5.69. The molecule has 3 fully saturated rings. The summed E-state index contributed by atoms with van der Waals surface area (Å²) < 4.78 is 51.5. The second kappa shape index (κ2) is 9.73. The fraction of sp³-hybridized carbons (Fsp3) is 0.583. The van der Waals surface area contributed by atoms with Gasteiger partial charge >= 0.3 is 12.7 Å². The monoisotopic (exact) mass is 534 g/mol. The Bertz CT molecular complexity index is 1310. The van der Waals surface area contributed by atoms with Crippen molar-refractivity contribution in [2.75, 3.05) is 18.4 Å². The molecule has 6 rings (SSSR count). The molecule has 3 aliphatic rings. The molecule has 0 bridgehead atoms. The zero-order valence-corrected chi connectivity index (χ0v) is 20.7. The van der Waals surface area contributed by atoms with Crippen molar-refractivity contribution in [3.05, 3.63) is 35.9 Å². The molecule has 3 aromatic rings. The number of alkyl carbamates (subject to hydrolysis) is 1. The summed E-state index contributed by atoms with van der Waals surface area (Å²) in [6.07, 6.45) is 3.02. The molecule has 14 heteroatoms. The highest BCUT2D eigenvalue weighted by Crippen LogP contribution is 2.39. The molecular weight excluding hydrogens is 505 g/mol. The van der Waals surface area contributed by atoms with Crippen molar-refractivity contribution in [1.29, 1.82) is 0 Å². The van der Waals surface area contributed by atoms with Crippen LogP contribution in [0.5, 0.6) is 0 Å². The van der Waals surface area contributed by atoms with Crippen LogP contribution in [0.25, 0.3) is 5.65 Å². The number of anilines is 2. The van der Waals surface area contributed by atoms with Crippen LogP contribution in [0.4, 0.5) is 29.7 Å². The fourth-order valence-electron chi connectivity index (χ4n) is 5.05. The Morgan fingerprint density at radius 3 is 2.89 bits per heavy atom. The number of imidazole rings is 1. The smallest absolute Gasteiger partial charge is 0.407 e. The van der Waals surface area contributed by atoms with Gasteiger partial charge in [0.25, 0.3) is 0 Å². The second-order valence-corrected chi connectivity index (χ2v) is 10.5. The molecule has 4 heterocycles. The lowest BCUT2D eigenvalue weighted by atomic mass is 10.0. The van der Waals surface area contributed by atoms with Crippen LogP contribution in [0, 0.1) is 0 Å². The number of likely N-dealkylation sites (tertiary alicyclic amines) is 1. The van der Waals surface area contributed by atoms with Crippen molar-refractivity contribution in [2.45, 2.75) is 75.6 Å². The molecule has 3 aromatic heterocycles. The molecule has 38 heavy (non-hydrogen) atoms. The first-order valence-corrected chi connectivity index (χ1v) is 12.7. The molecule has 3 N–H and O–H groups in total. The van der Waals surface area contributed by atoms with E-state index in [1.165, 1.54) is 0 Å². The van der Waals surface area contributed by atoms with Gasteiger partial charge < -0.3 is 20.1 Å². The summed E-state index contributed by atoms with van der Waals surface area (Å²) in [4.78, 5) is 23.0. The minimum absolute atomic E-state index is 0.221. The number of fused-ring (bicyclic) bond motifs is 1. The second-order valence-electron chi connectivity index (χ2n) is 10.5. The average Bonchev–Trinajstić information content (AvgIpc) is 3.19. The predicted octanol–water partition coefficient (Wildman–Crippen LogP) is 3.48. The van der Waals surface area contributed by atoms with Crippen molar-refractivity contribution in [3.8, 4) is 0 Å². The lowest BCUT2D eigenvalue weighted by molar-refractivity contribution is -0.197. The Hall–Kier alpha value is -3.39. The number of halogens is 3. The lowest BCUT2D eigenvalue weighted by Gasteiger charge is -2.37. The van der Waals surface area contributed by atoms with E-state index < -0.39 is 37.0 Å².